The summed E-state index contributed by atoms with van der Waals surface area (Å²) in [5.74, 6) is 1.83. The lowest BCUT2D eigenvalue weighted by Crippen LogP contribution is -2.55. The van der Waals surface area contributed by atoms with Gasteiger partial charge in [0.15, 0.2) is 19.7 Å². The second-order valence-corrected chi connectivity index (χ2v) is 12.4. The van der Waals surface area contributed by atoms with Gasteiger partial charge in [0.25, 0.3) is 0 Å². The zero-order chi connectivity index (χ0) is 16.7. The second kappa shape index (κ2) is 5.49. The Morgan fingerprint density at radius 3 is 2.65 bits per heavy atom. The van der Waals surface area contributed by atoms with E-state index >= 15 is 0 Å². The molecule has 0 aliphatic rings. The van der Waals surface area contributed by atoms with Crippen LogP contribution in [0.15, 0.2) is 35.5 Å². The summed E-state index contributed by atoms with van der Waals surface area (Å²) in [4.78, 5) is 16.3. The molecule has 0 aromatic carbocycles. The van der Waals surface area contributed by atoms with Crippen LogP contribution in [0.25, 0.3) is 11.2 Å². The van der Waals surface area contributed by atoms with Gasteiger partial charge in [-0.3, -0.25) is 0 Å². The average Bonchev–Trinajstić information content (AvgIpc) is 3.14. The molecule has 0 atom stereocenters. The maximum atomic E-state index is 5.60. The highest BCUT2D eigenvalue weighted by atomic mass is 28.3. The number of imidazole rings is 1. The van der Waals surface area contributed by atoms with E-state index in [9.17, 15) is 0 Å². The van der Waals surface area contributed by atoms with E-state index in [1.165, 1.54) is 0 Å². The second-order valence-electron chi connectivity index (χ2n) is 7.27. The van der Waals surface area contributed by atoms with Crippen LogP contribution < -0.4 is 4.57 Å². The molecule has 3 aromatic rings. The average molecular weight is 329 g/mol. The largest absolute Gasteiger partial charge is 0.468 e. The fraction of sp³-hybridized carbons (Fsp3) is 0.438. The molecule has 0 unspecified atom stereocenters. The van der Waals surface area contributed by atoms with Crippen LogP contribution >= 0.6 is 0 Å². The molecular weight excluding hydrogens is 306 g/mol. The van der Waals surface area contributed by atoms with E-state index in [0.717, 1.165) is 17.1 Å². The molecule has 0 bridgehead atoms. The number of fused-ring (bicyclic) bond motifs is 1. The molecule has 6 nitrogen and oxygen atoms in total. The Morgan fingerprint density at radius 2 is 2.00 bits per heavy atom. The van der Waals surface area contributed by atoms with Crippen LogP contribution in [0.4, 0.5) is 5.82 Å². The number of aromatic nitrogens is 4. The lowest BCUT2D eigenvalue weighted by Gasteiger charge is -2.46. The third-order valence-corrected chi connectivity index (χ3v) is 10.3. The van der Waals surface area contributed by atoms with Gasteiger partial charge < -0.3 is 14.0 Å². The van der Waals surface area contributed by atoms with E-state index in [1.54, 1.807) is 18.9 Å². The lowest BCUT2D eigenvalue weighted by molar-refractivity contribution is 0.509. The third kappa shape index (κ3) is 2.76. The maximum absolute atomic E-state index is 5.60. The van der Waals surface area contributed by atoms with Crippen LogP contribution in [-0.4, -0.2) is 28.2 Å². The van der Waals surface area contributed by atoms with Gasteiger partial charge in [0.2, 0.25) is 0 Å². The van der Waals surface area contributed by atoms with Gasteiger partial charge in [0.05, 0.1) is 19.1 Å². The molecule has 0 aliphatic heterocycles. The minimum Gasteiger partial charge on any atom is -0.468 e. The number of hydrogen-bond acceptors (Lipinski definition) is 5. The van der Waals surface area contributed by atoms with Crippen molar-refractivity contribution in [3.63, 3.8) is 0 Å². The van der Waals surface area contributed by atoms with Crippen molar-refractivity contribution >= 4 is 25.2 Å². The quantitative estimate of drug-likeness (QED) is 0.734. The Bertz CT molecular complexity index is 788. The summed E-state index contributed by atoms with van der Waals surface area (Å²) in [6.07, 6.45) is 4.96. The van der Waals surface area contributed by atoms with Crippen LogP contribution in [0.2, 0.25) is 18.1 Å². The molecule has 7 heteroatoms. The van der Waals surface area contributed by atoms with Crippen molar-refractivity contribution in [2.45, 2.75) is 45.4 Å². The van der Waals surface area contributed by atoms with Crippen molar-refractivity contribution in [3.05, 3.63) is 36.8 Å². The zero-order valence-electron chi connectivity index (χ0n) is 14.3. The molecule has 0 aliphatic carbocycles. The molecule has 122 valence electrons. The van der Waals surface area contributed by atoms with Gasteiger partial charge in [-0.1, -0.05) is 33.9 Å². The molecule has 3 heterocycles. The molecule has 0 radical (unpaired) electrons. The highest BCUT2D eigenvalue weighted by Crippen LogP contribution is 2.41. The first-order chi connectivity index (χ1) is 10.8. The number of hydrogen-bond donors (Lipinski definition) is 1. The maximum Gasteiger partial charge on any atom is 0.182 e. The van der Waals surface area contributed by atoms with Gasteiger partial charge in [-0.05, 0) is 17.2 Å². The number of nitrogens with zero attached hydrogens (tertiary/aromatic N) is 4. The Hall–Kier alpha value is -2.15. The van der Waals surface area contributed by atoms with Gasteiger partial charge in [-0.25, -0.2) is 15.0 Å². The standard InChI is InChI=1S/C16H23N5OSi/c1-16(2,3)23(4,5)21(9-12-7-6-8-22-12)15-13-14(18-10-17-13)19-11-20-15/h6-8,10-11H,9H2,1-5H3,(H,17,18,19,20). The Balaban J connectivity index is 2.13. The summed E-state index contributed by atoms with van der Waals surface area (Å²) in [6.45, 7) is 12.3. The molecule has 0 saturated heterocycles. The van der Waals surface area contributed by atoms with Crippen molar-refractivity contribution in [3.8, 4) is 0 Å². The van der Waals surface area contributed by atoms with Gasteiger partial charge in [0, 0.05) is 0 Å². The molecule has 0 saturated carbocycles. The SMILES string of the molecule is CC(C)(C)[Si](C)(C)N(Cc1ccco1)c1ncnc2nc[nH]c12. The Labute approximate surface area is 137 Å². The topological polar surface area (TPSA) is 70.8 Å². The molecule has 3 aromatic heterocycles. The minimum atomic E-state index is -1.89. The number of anilines is 1. The monoisotopic (exact) mass is 329 g/mol. The van der Waals surface area contributed by atoms with Crippen LogP contribution in [0.5, 0.6) is 0 Å². The summed E-state index contributed by atoms with van der Waals surface area (Å²) in [7, 11) is -1.89. The van der Waals surface area contributed by atoms with Crippen molar-refractivity contribution in [2.75, 3.05) is 4.57 Å². The number of rotatable bonds is 4. The number of nitrogens with one attached hydrogen (secondary N) is 1. The molecule has 23 heavy (non-hydrogen) atoms. The first-order valence-corrected chi connectivity index (χ1v) is 10.7. The number of furan rings is 1. The fourth-order valence-electron chi connectivity index (χ4n) is 2.46. The first-order valence-electron chi connectivity index (χ1n) is 7.75. The predicted molar refractivity (Wildman–Crippen MR) is 93.8 cm³/mol. The summed E-state index contributed by atoms with van der Waals surface area (Å²) in [6, 6.07) is 3.93. The van der Waals surface area contributed by atoms with Crippen LogP contribution in [-0.2, 0) is 6.54 Å². The summed E-state index contributed by atoms with van der Waals surface area (Å²) in [5.41, 5.74) is 1.57. The van der Waals surface area contributed by atoms with Crippen molar-refractivity contribution in [2.24, 2.45) is 0 Å². The molecule has 0 fully saturated rings. The summed E-state index contributed by atoms with van der Waals surface area (Å²) in [5, 5.41) is 0.164. The first kappa shape index (κ1) is 15.7. The smallest absolute Gasteiger partial charge is 0.182 e. The number of H-pyrrole nitrogens is 1. The van der Waals surface area contributed by atoms with Gasteiger partial charge in [0.1, 0.15) is 17.6 Å². The van der Waals surface area contributed by atoms with Crippen molar-refractivity contribution < 1.29 is 4.42 Å². The summed E-state index contributed by atoms with van der Waals surface area (Å²) >= 11 is 0. The fourth-order valence-corrected chi connectivity index (χ4v) is 4.52. The van der Waals surface area contributed by atoms with E-state index in [0.29, 0.717) is 12.2 Å². The van der Waals surface area contributed by atoms with E-state index in [-0.39, 0.29) is 5.04 Å². The van der Waals surface area contributed by atoms with E-state index in [1.807, 2.05) is 12.1 Å². The zero-order valence-corrected chi connectivity index (χ0v) is 15.3. The van der Waals surface area contributed by atoms with Crippen molar-refractivity contribution in [1.82, 2.24) is 19.9 Å². The van der Waals surface area contributed by atoms with Crippen LogP contribution in [0, 0.1) is 0 Å². The highest BCUT2D eigenvalue weighted by molar-refractivity contribution is 6.83. The van der Waals surface area contributed by atoms with Crippen LogP contribution in [0.3, 0.4) is 0 Å². The third-order valence-electron chi connectivity index (χ3n) is 4.86. The van der Waals surface area contributed by atoms with E-state index in [4.69, 9.17) is 4.42 Å². The summed E-state index contributed by atoms with van der Waals surface area (Å²) < 4.78 is 8.00. The van der Waals surface area contributed by atoms with Gasteiger partial charge >= 0.3 is 0 Å². The lowest BCUT2D eigenvalue weighted by atomic mass is 10.2. The van der Waals surface area contributed by atoms with E-state index in [2.05, 4.69) is 58.4 Å². The molecule has 3 rings (SSSR count). The predicted octanol–water partition coefficient (Wildman–Crippen LogP) is 3.96. The molecule has 0 spiro atoms. The number of aromatic amines is 1. The van der Waals surface area contributed by atoms with Crippen LogP contribution in [0.1, 0.15) is 26.5 Å². The Kier molecular flexibility index (Phi) is 3.75. The van der Waals surface area contributed by atoms with Crippen molar-refractivity contribution in [1.29, 1.82) is 0 Å². The molecular formula is C16H23N5OSi. The van der Waals surface area contributed by atoms with Gasteiger partial charge in [-0.15, -0.1) is 0 Å². The highest BCUT2D eigenvalue weighted by Gasteiger charge is 2.43. The Morgan fingerprint density at radius 1 is 1.22 bits per heavy atom. The minimum absolute atomic E-state index is 0.164. The van der Waals surface area contributed by atoms with Gasteiger partial charge in [-0.2, -0.15) is 0 Å². The molecule has 1 N–H and O–H groups in total. The molecule has 0 amide bonds. The van der Waals surface area contributed by atoms with E-state index < -0.39 is 8.24 Å². The normalized spacial score (nSPS) is 12.7.